The van der Waals surface area contributed by atoms with Gasteiger partial charge >= 0.3 is 5.69 Å². The molecule has 0 saturated carbocycles. The van der Waals surface area contributed by atoms with Crippen molar-refractivity contribution in [2.45, 2.75) is 13.5 Å². The summed E-state index contributed by atoms with van der Waals surface area (Å²) in [5, 5.41) is 7.36. The summed E-state index contributed by atoms with van der Waals surface area (Å²) in [6, 6.07) is 4.12. The van der Waals surface area contributed by atoms with E-state index in [1.165, 1.54) is 36.1 Å². The average molecular weight is 383 g/mol. The Labute approximate surface area is 150 Å². The van der Waals surface area contributed by atoms with Gasteiger partial charge in [0.15, 0.2) is 0 Å². The van der Waals surface area contributed by atoms with Crippen molar-refractivity contribution in [3.8, 4) is 5.69 Å². The summed E-state index contributed by atoms with van der Waals surface area (Å²) < 4.78 is 4.31. The van der Waals surface area contributed by atoms with Crippen molar-refractivity contribution in [1.82, 2.24) is 29.2 Å². The van der Waals surface area contributed by atoms with E-state index >= 15 is 0 Å². The van der Waals surface area contributed by atoms with Crippen molar-refractivity contribution < 1.29 is 4.79 Å². The smallest absolute Gasteiger partial charge is 0.268 e. The lowest BCUT2D eigenvalue weighted by atomic mass is 10.2. The number of tetrazole rings is 1. The second kappa shape index (κ2) is 6.34. The maximum atomic E-state index is 12.8. The van der Waals surface area contributed by atoms with Crippen LogP contribution in [0.25, 0.3) is 5.69 Å². The van der Waals surface area contributed by atoms with Gasteiger partial charge in [-0.15, -0.1) is 0 Å². The number of halogens is 2. The molecule has 130 valence electrons. The SMILES string of the molecule is CCn1c(=O)ccn1C(=O)c1ccc(Cl)c(-n2nnn(C)c2=O)c1Cl. The van der Waals surface area contributed by atoms with Crippen LogP contribution >= 0.6 is 23.2 Å². The molecular weight excluding hydrogens is 371 g/mol. The summed E-state index contributed by atoms with van der Waals surface area (Å²) in [5.41, 5.74) is -0.771. The molecule has 3 aromatic rings. The van der Waals surface area contributed by atoms with Gasteiger partial charge in [0.2, 0.25) is 0 Å². The topological polar surface area (TPSA) is 96.7 Å². The molecule has 0 amide bonds. The quantitative estimate of drug-likeness (QED) is 0.671. The Bertz CT molecular complexity index is 1090. The van der Waals surface area contributed by atoms with Gasteiger partial charge in [-0.25, -0.2) is 14.2 Å². The Morgan fingerprint density at radius 1 is 1.16 bits per heavy atom. The number of aromatic nitrogens is 6. The number of benzene rings is 1. The number of rotatable bonds is 3. The van der Waals surface area contributed by atoms with Gasteiger partial charge in [-0.05, 0) is 29.5 Å². The minimum Gasteiger partial charge on any atom is -0.268 e. The Hall–Kier alpha value is -2.65. The van der Waals surface area contributed by atoms with E-state index < -0.39 is 11.6 Å². The molecule has 0 N–H and O–H groups in total. The van der Waals surface area contributed by atoms with E-state index in [1.807, 2.05) is 0 Å². The van der Waals surface area contributed by atoms with Gasteiger partial charge in [0.05, 0.1) is 15.6 Å². The number of carbonyl (C=O) groups is 1. The third-order valence-corrected chi connectivity index (χ3v) is 4.30. The zero-order valence-electron chi connectivity index (χ0n) is 13.2. The van der Waals surface area contributed by atoms with E-state index in [1.54, 1.807) is 6.92 Å². The van der Waals surface area contributed by atoms with Crippen LogP contribution in [-0.2, 0) is 13.6 Å². The van der Waals surface area contributed by atoms with E-state index in [2.05, 4.69) is 10.4 Å². The molecule has 2 heterocycles. The maximum Gasteiger partial charge on any atom is 0.368 e. The van der Waals surface area contributed by atoms with Gasteiger partial charge in [0.1, 0.15) is 5.69 Å². The number of aryl methyl sites for hydroxylation is 1. The van der Waals surface area contributed by atoms with Crippen LogP contribution in [0, 0.1) is 0 Å². The molecule has 0 aliphatic heterocycles. The van der Waals surface area contributed by atoms with Crippen molar-refractivity contribution in [1.29, 1.82) is 0 Å². The second-order valence-corrected chi connectivity index (χ2v) is 5.86. The Morgan fingerprint density at radius 3 is 2.48 bits per heavy atom. The highest BCUT2D eigenvalue weighted by Crippen LogP contribution is 2.30. The minimum absolute atomic E-state index is 0.0461. The first kappa shape index (κ1) is 17.2. The summed E-state index contributed by atoms with van der Waals surface area (Å²) in [6.07, 6.45) is 1.35. The number of carbonyl (C=O) groups excluding carboxylic acids is 1. The second-order valence-electron chi connectivity index (χ2n) is 5.07. The Balaban J connectivity index is 2.21. The van der Waals surface area contributed by atoms with Crippen LogP contribution in [0.1, 0.15) is 17.3 Å². The average Bonchev–Trinajstić information content (AvgIpc) is 3.11. The third kappa shape index (κ3) is 2.71. The van der Waals surface area contributed by atoms with Gasteiger partial charge in [0, 0.05) is 25.9 Å². The van der Waals surface area contributed by atoms with E-state index in [0.29, 0.717) is 6.54 Å². The summed E-state index contributed by atoms with van der Waals surface area (Å²) in [4.78, 5) is 36.6. The molecule has 0 fully saturated rings. The Morgan fingerprint density at radius 2 is 1.88 bits per heavy atom. The molecular formula is C14H12Cl2N6O3. The molecule has 0 spiro atoms. The zero-order valence-corrected chi connectivity index (χ0v) is 14.7. The van der Waals surface area contributed by atoms with Crippen molar-refractivity contribution in [3.63, 3.8) is 0 Å². The summed E-state index contributed by atoms with van der Waals surface area (Å²) in [5.74, 6) is -0.538. The predicted octanol–water partition coefficient (Wildman–Crippen LogP) is 0.944. The van der Waals surface area contributed by atoms with E-state index in [-0.39, 0.29) is 26.9 Å². The van der Waals surface area contributed by atoms with Crippen LogP contribution in [0.4, 0.5) is 0 Å². The van der Waals surface area contributed by atoms with Gasteiger partial charge in [0.25, 0.3) is 11.5 Å². The molecule has 2 aromatic heterocycles. The molecule has 3 rings (SSSR count). The number of hydrogen-bond acceptors (Lipinski definition) is 5. The van der Waals surface area contributed by atoms with Gasteiger partial charge < -0.3 is 0 Å². The first-order valence-corrected chi connectivity index (χ1v) is 7.93. The molecule has 9 nitrogen and oxygen atoms in total. The molecule has 0 saturated heterocycles. The lowest BCUT2D eigenvalue weighted by molar-refractivity contribution is 0.0926. The first-order valence-electron chi connectivity index (χ1n) is 7.17. The van der Waals surface area contributed by atoms with Crippen LogP contribution < -0.4 is 11.2 Å². The highest BCUT2D eigenvalue weighted by atomic mass is 35.5. The van der Waals surface area contributed by atoms with Crippen molar-refractivity contribution >= 4 is 29.1 Å². The molecule has 25 heavy (non-hydrogen) atoms. The zero-order chi connectivity index (χ0) is 18.3. The largest absolute Gasteiger partial charge is 0.368 e. The maximum absolute atomic E-state index is 12.8. The monoisotopic (exact) mass is 382 g/mol. The summed E-state index contributed by atoms with van der Waals surface area (Å²) in [6.45, 7) is 2.04. The number of hydrogen-bond donors (Lipinski definition) is 0. The fourth-order valence-electron chi connectivity index (χ4n) is 2.37. The van der Waals surface area contributed by atoms with Gasteiger partial charge in [-0.2, -0.15) is 9.36 Å². The Kier molecular flexibility index (Phi) is 4.36. The van der Waals surface area contributed by atoms with E-state index in [9.17, 15) is 14.4 Å². The molecule has 0 atom stereocenters. The minimum atomic E-state index is -0.570. The van der Waals surface area contributed by atoms with Crippen LogP contribution in [0.5, 0.6) is 0 Å². The molecule has 0 unspecified atom stereocenters. The predicted molar refractivity (Wildman–Crippen MR) is 90.7 cm³/mol. The van der Waals surface area contributed by atoms with Crippen LogP contribution in [0.2, 0.25) is 10.0 Å². The first-order chi connectivity index (χ1) is 11.9. The van der Waals surface area contributed by atoms with Gasteiger partial charge in [-0.3, -0.25) is 9.59 Å². The van der Waals surface area contributed by atoms with Crippen LogP contribution in [0.3, 0.4) is 0 Å². The van der Waals surface area contributed by atoms with Crippen LogP contribution in [-0.4, -0.2) is 35.1 Å². The molecule has 0 radical (unpaired) electrons. The number of nitrogens with zero attached hydrogens (tertiary/aromatic N) is 6. The van der Waals surface area contributed by atoms with Crippen molar-refractivity contribution in [2.24, 2.45) is 7.05 Å². The highest BCUT2D eigenvalue weighted by Gasteiger charge is 2.22. The molecule has 0 bridgehead atoms. The van der Waals surface area contributed by atoms with Crippen LogP contribution in [0.15, 0.2) is 34.0 Å². The van der Waals surface area contributed by atoms with Crippen molar-refractivity contribution in [2.75, 3.05) is 0 Å². The molecule has 1 aromatic carbocycles. The normalized spacial score (nSPS) is 11.0. The fourth-order valence-corrected chi connectivity index (χ4v) is 2.98. The van der Waals surface area contributed by atoms with Gasteiger partial charge in [-0.1, -0.05) is 23.2 Å². The van der Waals surface area contributed by atoms with E-state index in [4.69, 9.17) is 23.2 Å². The van der Waals surface area contributed by atoms with E-state index in [0.717, 1.165) is 14.0 Å². The lowest BCUT2D eigenvalue weighted by Crippen LogP contribution is -2.27. The fraction of sp³-hybridized carbons (Fsp3) is 0.214. The third-order valence-electron chi connectivity index (χ3n) is 3.61. The summed E-state index contributed by atoms with van der Waals surface area (Å²) >= 11 is 12.5. The standard InChI is InChI=1S/C14H12Cl2N6O3/c1-3-20-10(23)6-7-21(20)13(24)8-4-5-9(15)12(11(8)16)22-14(25)19(2)17-18-22/h4-7H,3H2,1-2H3. The highest BCUT2D eigenvalue weighted by molar-refractivity contribution is 6.39. The molecule has 0 aliphatic rings. The molecule has 0 aliphatic carbocycles. The summed E-state index contributed by atoms with van der Waals surface area (Å²) in [7, 11) is 1.42. The van der Waals surface area contributed by atoms with Crippen molar-refractivity contribution in [3.05, 3.63) is 60.8 Å². The molecule has 11 heteroatoms. The lowest BCUT2D eigenvalue weighted by Gasteiger charge is -2.12.